The molecular weight excluding hydrogens is 592 g/mol. The number of Topliss-reactive ketones (excluding diaryl/α,β-unsaturated/α-hetero) is 1. The Morgan fingerprint density at radius 2 is 1.80 bits per heavy atom. The van der Waals surface area contributed by atoms with Crippen LogP contribution < -0.4 is 4.90 Å². The van der Waals surface area contributed by atoms with E-state index in [-0.39, 0.29) is 24.8 Å². The standard InChI is InChI=1S/C37H41F2NO6/c1-34-13-12-25(42)16-28(34)29(38)17-27-26-18-32-37(31(44)20-41,35(26,2)19-30(43)36(27,34)39)46-33(45-32)23-10-8-21(9-11-23)14-22-6-5-7-24(15-22)40(3)4/h5-13,15-16,26-27,29-30,32-33,41,43H,14,17-20H2,1-4H3/t26-,27-,29-,30-,32+,33+,34-,35-,36-,37+/m0/s1. The van der Waals surface area contributed by atoms with Crippen molar-refractivity contribution in [2.75, 3.05) is 25.6 Å². The number of aliphatic hydroxyl groups excluding tert-OH is 2. The van der Waals surface area contributed by atoms with Crippen LogP contribution in [0.5, 0.6) is 0 Å². The van der Waals surface area contributed by atoms with Crippen LogP contribution in [0.1, 0.15) is 56.1 Å². The molecule has 9 heteroatoms. The van der Waals surface area contributed by atoms with Crippen LogP contribution in [0, 0.1) is 22.7 Å². The summed E-state index contributed by atoms with van der Waals surface area (Å²) in [5.74, 6) is -2.58. The number of nitrogens with zero attached hydrogens (tertiary/aromatic N) is 1. The molecule has 0 radical (unpaired) electrons. The highest BCUT2D eigenvalue weighted by Gasteiger charge is 2.80. The fraction of sp³-hybridized carbons (Fsp3) is 0.514. The normalized spacial score (nSPS) is 40.9. The van der Waals surface area contributed by atoms with Crippen LogP contribution >= 0.6 is 0 Å². The van der Waals surface area contributed by atoms with Crippen LogP contribution in [-0.4, -0.2) is 72.1 Å². The Bertz CT molecular complexity index is 1640. The van der Waals surface area contributed by atoms with Crippen molar-refractivity contribution >= 4 is 17.3 Å². The summed E-state index contributed by atoms with van der Waals surface area (Å²) in [6.07, 6.45) is -0.613. The van der Waals surface area contributed by atoms with Gasteiger partial charge in [0.15, 0.2) is 29.1 Å². The molecule has 1 saturated heterocycles. The molecule has 1 aliphatic heterocycles. The van der Waals surface area contributed by atoms with Gasteiger partial charge in [0, 0.05) is 42.1 Å². The number of anilines is 1. The van der Waals surface area contributed by atoms with Gasteiger partial charge >= 0.3 is 0 Å². The number of rotatable bonds is 6. The van der Waals surface area contributed by atoms with E-state index >= 15 is 8.78 Å². The minimum Gasteiger partial charge on any atom is -0.390 e. The van der Waals surface area contributed by atoms with E-state index < -0.39 is 76.8 Å². The summed E-state index contributed by atoms with van der Waals surface area (Å²) in [6.45, 7) is 2.51. The van der Waals surface area contributed by atoms with E-state index in [9.17, 15) is 19.8 Å². The third-order valence-corrected chi connectivity index (χ3v) is 12.0. The molecule has 7 nitrogen and oxygen atoms in total. The van der Waals surface area contributed by atoms with Crippen LogP contribution in [-0.2, 0) is 25.5 Å². The van der Waals surface area contributed by atoms with Crippen molar-refractivity contribution in [1.82, 2.24) is 0 Å². The van der Waals surface area contributed by atoms with Gasteiger partial charge in [-0.05, 0) is 79.5 Å². The van der Waals surface area contributed by atoms with Crippen LogP contribution in [0.3, 0.4) is 0 Å². The highest BCUT2D eigenvalue weighted by Crippen LogP contribution is 2.72. The van der Waals surface area contributed by atoms with Gasteiger partial charge in [0.2, 0.25) is 0 Å². The summed E-state index contributed by atoms with van der Waals surface area (Å²) < 4.78 is 46.4. The molecule has 3 saturated carbocycles. The Hall–Kier alpha value is -3.24. The zero-order valence-electron chi connectivity index (χ0n) is 26.6. The molecule has 2 N–H and O–H groups in total. The Morgan fingerprint density at radius 1 is 1.07 bits per heavy atom. The zero-order chi connectivity index (χ0) is 32.8. The number of carbonyl (C=O) groups is 2. The maximum absolute atomic E-state index is 17.6. The molecule has 0 aromatic heterocycles. The van der Waals surface area contributed by atoms with E-state index in [2.05, 4.69) is 23.1 Å². The molecule has 0 unspecified atom stereocenters. The molecule has 46 heavy (non-hydrogen) atoms. The number of aliphatic hydroxyl groups is 2. The first-order valence-electron chi connectivity index (χ1n) is 16.1. The van der Waals surface area contributed by atoms with Gasteiger partial charge in [-0.3, -0.25) is 9.59 Å². The van der Waals surface area contributed by atoms with Crippen LogP contribution in [0.15, 0.2) is 72.3 Å². The van der Waals surface area contributed by atoms with Crippen molar-refractivity contribution < 1.29 is 38.1 Å². The van der Waals surface area contributed by atoms with Crippen LogP contribution in [0.2, 0.25) is 0 Å². The average molecular weight is 634 g/mol. The van der Waals surface area contributed by atoms with Gasteiger partial charge in [-0.2, -0.15) is 0 Å². The van der Waals surface area contributed by atoms with Crippen molar-refractivity contribution in [2.24, 2.45) is 22.7 Å². The maximum Gasteiger partial charge on any atom is 0.193 e. The van der Waals surface area contributed by atoms with E-state index in [4.69, 9.17) is 9.47 Å². The van der Waals surface area contributed by atoms with Crippen LogP contribution in [0.25, 0.3) is 0 Å². The predicted octanol–water partition coefficient (Wildman–Crippen LogP) is 4.99. The highest BCUT2D eigenvalue weighted by molar-refractivity contribution is 6.01. The molecule has 4 aliphatic carbocycles. The lowest BCUT2D eigenvalue weighted by Crippen LogP contribution is -2.70. The second-order valence-electron chi connectivity index (χ2n) is 14.5. The van der Waals surface area contributed by atoms with E-state index in [0.29, 0.717) is 5.56 Å². The first-order valence-corrected chi connectivity index (χ1v) is 16.1. The largest absolute Gasteiger partial charge is 0.390 e. The summed E-state index contributed by atoms with van der Waals surface area (Å²) in [6, 6.07) is 16.1. The monoisotopic (exact) mass is 633 g/mol. The minimum absolute atomic E-state index is 0.0437. The lowest BCUT2D eigenvalue weighted by atomic mass is 9.44. The number of benzene rings is 2. The van der Waals surface area contributed by atoms with Gasteiger partial charge in [-0.1, -0.05) is 49.4 Å². The molecule has 10 atom stereocenters. The Labute approximate surface area is 267 Å². The van der Waals surface area contributed by atoms with Gasteiger partial charge in [0.05, 0.1) is 12.2 Å². The molecule has 1 heterocycles. The fourth-order valence-corrected chi connectivity index (χ4v) is 9.69. The third-order valence-electron chi connectivity index (χ3n) is 12.0. The van der Waals surface area contributed by atoms with Gasteiger partial charge in [0.25, 0.3) is 0 Å². The van der Waals surface area contributed by atoms with Gasteiger partial charge in [0.1, 0.15) is 12.8 Å². The number of alkyl halides is 2. The van der Waals surface area contributed by atoms with Crippen molar-refractivity contribution in [3.05, 3.63) is 89.0 Å². The van der Waals surface area contributed by atoms with Gasteiger partial charge in [-0.15, -0.1) is 0 Å². The van der Waals surface area contributed by atoms with Gasteiger partial charge < -0.3 is 24.6 Å². The summed E-state index contributed by atoms with van der Waals surface area (Å²) >= 11 is 0. The van der Waals surface area contributed by atoms with Crippen molar-refractivity contribution in [3.63, 3.8) is 0 Å². The summed E-state index contributed by atoms with van der Waals surface area (Å²) in [4.78, 5) is 28.0. The van der Waals surface area contributed by atoms with Crippen molar-refractivity contribution in [2.45, 2.75) is 75.5 Å². The summed E-state index contributed by atoms with van der Waals surface area (Å²) in [5.41, 5.74) is -2.53. The van der Waals surface area contributed by atoms with Crippen molar-refractivity contribution in [1.29, 1.82) is 0 Å². The third kappa shape index (κ3) is 4.14. The molecule has 0 amide bonds. The first kappa shape index (κ1) is 31.4. The minimum atomic E-state index is -2.29. The smallest absolute Gasteiger partial charge is 0.193 e. The number of ether oxygens (including phenoxy) is 2. The molecule has 7 rings (SSSR count). The SMILES string of the molecule is CN(C)c1cccc(Cc2ccc([C@@H]3O[C@@H]4C[C@H]5[C@@H]6C[C@H](F)C7=CC(=O)C=C[C@]7(C)[C@@]6(F)[C@@H](O)C[C@]5(C)[C@]4(C(=O)CO)O3)cc2)c1. The number of hydrogen-bond acceptors (Lipinski definition) is 7. The average Bonchev–Trinajstić information content (AvgIpc) is 3.53. The number of carbonyl (C=O) groups excluding carboxylic acids is 2. The fourth-order valence-electron chi connectivity index (χ4n) is 9.69. The molecule has 0 spiro atoms. The first-order chi connectivity index (χ1) is 21.8. The lowest BCUT2D eigenvalue weighted by Gasteiger charge is -2.63. The van der Waals surface area contributed by atoms with E-state index in [1.54, 1.807) is 13.8 Å². The topological polar surface area (TPSA) is 96.3 Å². The molecule has 5 aliphatic rings. The molecule has 2 aromatic carbocycles. The van der Waals surface area contributed by atoms with E-state index in [1.807, 2.05) is 44.4 Å². The lowest BCUT2D eigenvalue weighted by molar-refractivity contribution is -0.235. The predicted molar refractivity (Wildman–Crippen MR) is 168 cm³/mol. The van der Waals surface area contributed by atoms with Crippen molar-refractivity contribution in [3.8, 4) is 0 Å². The second kappa shape index (κ2) is 10.6. The van der Waals surface area contributed by atoms with Gasteiger partial charge in [-0.25, -0.2) is 8.78 Å². The van der Waals surface area contributed by atoms with Crippen LogP contribution in [0.4, 0.5) is 14.5 Å². The number of ketones is 2. The number of allylic oxidation sites excluding steroid dienone is 4. The summed E-state index contributed by atoms with van der Waals surface area (Å²) in [7, 11) is 4.00. The Morgan fingerprint density at radius 3 is 2.50 bits per heavy atom. The van der Waals surface area contributed by atoms with E-state index in [1.165, 1.54) is 12.2 Å². The quantitative estimate of drug-likeness (QED) is 0.463. The second-order valence-corrected chi connectivity index (χ2v) is 14.5. The molecular formula is C37H41F2NO6. The Kier molecular flexibility index (Phi) is 7.25. The molecule has 2 aromatic rings. The molecule has 0 bridgehead atoms. The Balaban J connectivity index is 1.19. The number of fused-ring (bicyclic) bond motifs is 7. The van der Waals surface area contributed by atoms with E-state index in [0.717, 1.165) is 29.3 Å². The number of hydrogen-bond donors (Lipinski definition) is 2. The zero-order valence-corrected chi connectivity index (χ0v) is 26.6. The maximum atomic E-state index is 17.6. The molecule has 244 valence electrons. The number of halogens is 2. The molecule has 4 fully saturated rings. The highest BCUT2D eigenvalue weighted by atomic mass is 19.1. The summed E-state index contributed by atoms with van der Waals surface area (Å²) in [5, 5.41) is 21.9.